The standard InChI is InChI=1S/C33H36N4O/c1-5-26-13-15-28(16-14-26)33(38)37-19-17-36(18-20-37)32-30(22-29-21-23(2)11-12-24(29)3)25(4)34-31(35-32)27-9-7-6-8-10-27/h6-16,21H,5,17-20,22H2,1-4H3. The number of aryl methyl sites for hydroxylation is 4. The summed E-state index contributed by atoms with van der Waals surface area (Å²) < 4.78 is 0. The predicted octanol–water partition coefficient (Wildman–Crippen LogP) is 6.18. The van der Waals surface area contributed by atoms with Gasteiger partial charge in [0.05, 0.1) is 0 Å². The molecule has 0 N–H and O–H groups in total. The summed E-state index contributed by atoms with van der Waals surface area (Å²) in [5.74, 6) is 1.83. The van der Waals surface area contributed by atoms with Crippen LogP contribution in [0.15, 0.2) is 72.8 Å². The normalized spacial score (nSPS) is 13.6. The fourth-order valence-electron chi connectivity index (χ4n) is 5.13. The van der Waals surface area contributed by atoms with E-state index in [1.54, 1.807) is 0 Å². The van der Waals surface area contributed by atoms with Crippen LogP contribution in [-0.4, -0.2) is 47.0 Å². The average Bonchev–Trinajstić information content (AvgIpc) is 2.96. The van der Waals surface area contributed by atoms with Crippen molar-refractivity contribution in [2.45, 2.75) is 40.5 Å². The molecular formula is C33H36N4O. The van der Waals surface area contributed by atoms with Gasteiger partial charge < -0.3 is 9.80 Å². The number of anilines is 1. The highest BCUT2D eigenvalue weighted by Crippen LogP contribution is 2.29. The number of benzene rings is 3. The van der Waals surface area contributed by atoms with Crippen molar-refractivity contribution in [1.29, 1.82) is 0 Å². The first-order chi connectivity index (χ1) is 18.4. The molecule has 0 atom stereocenters. The molecule has 1 aromatic heterocycles. The molecule has 3 aromatic carbocycles. The number of rotatable bonds is 6. The van der Waals surface area contributed by atoms with Gasteiger partial charge in [-0.25, -0.2) is 9.97 Å². The van der Waals surface area contributed by atoms with E-state index in [2.05, 4.69) is 75.1 Å². The van der Waals surface area contributed by atoms with E-state index in [1.807, 2.05) is 35.2 Å². The van der Waals surface area contributed by atoms with Crippen LogP contribution in [0.1, 0.15) is 50.8 Å². The smallest absolute Gasteiger partial charge is 0.253 e. The van der Waals surface area contributed by atoms with E-state index in [-0.39, 0.29) is 5.91 Å². The molecule has 1 aliphatic heterocycles. The van der Waals surface area contributed by atoms with Gasteiger partial charge in [-0.1, -0.05) is 73.2 Å². The Morgan fingerprint density at radius 3 is 2.24 bits per heavy atom. The third kappa shape index (κ3) is 5.47. The van der Waals surface area contributed by atoms with E-state index >= 15 is 0 Å². The summed E-state index contributed by atoms with van der Waals surface area (Å²) in [6.45, 7) is 11.3. The number of carbonyl (C=O) groups is 1. The fraction of sp³-hybridized carbons (Fsp3) is 0.303. The van der Waals surface area contributed by atoms with Crippen LogP contribution in [0.4, 0.5) is 5.82 Å². The largest absolute Gasteiger partial charge is 0.353 e. The number of hydrogen-bond donors (Lipinski definition) is 0. The molecule has 1 fully saturated rings. The highest BCUT2D eigenvalue weighted by Gasteiger charge is 2.26. The number of hydrogen-bond acceptors (Lipinski definition) is 4. The minimum atomic E-state index is 0.103. The molecule has 5 rings (SSSR count). The molecule has 0 saturated carbocycles. The van der Waals surface area contributed by atoms with Crippen LogP contribution in [0.25, 0.3) is 11.4 Å². The Morgan fingerprint density at radius 2 is 1.55 bits per heavy atom. The number of nitrogens with zero attached hydrogens (tertiary/aromatic N) is 4. The minimum absolute atomic E-state index is 0.103. The summed E-state index contributed by atoms with van der Waals surface area (Å²) in [4.78, 5) is 27.6. The van der Waals surface area contributed by atoms with Gasteiger partial charge in [0.2, 0.25) is 0 Å². The summed E-state index contributed by atoms with van der Waals surface area (Å²) in [5, 5.41) is 0. The van der Waals surface area contributed by atoms with Gasteiger partial charge in [0.15, 0.2) is 5.82 Å². The van der Waals surface area contributed by atoms with Crippen LogP contribution < -0.4 is 4.90 Å². The van der Waals surface area contributed by atoms with Crippen molar-refractivity contribution in [3.8, 4) is 11.4 Å². The van der Waals surface area contributed by atoms with Crippen LogP contribution in [0.3, 0.4) is 0 Å². The number of amides is 1. The van der Waals surface area contributed by atoms with E-state index in [0.717, 1.165) is 60.0 Å². The first kappa shape index (κ1) is 25.7. The van der Waals surface area contributed by atoms with Gasteiger partial charge >= 0.3 is 0 Å². The molecule has 1 aliphatic rings. The summed E-state index contributed by atoms with van der Waals surface area (Å²) >= 11 is 0. The molecule has 2 heterocycles. The number of carbonyl (C=O) groups excluding carboxylic acids is 1. The Hall–Kier alpha value is -3.99. The second-order valence-electron chi connectivity index (χ2n) is 10.2. The molecule has 0 spiro atoms. The lowest BCUT2D eigenvalue weighted by molar-refractivity contribution is 0.0746. The zero-order valence-corrected chi connectivity index (χ0v) is 22.9. The topological polar surface area (TPSA) is 49.3 Å². The molecule has 0 aliphatic carbocycles. The third-order valence-corrected chi connectivity index (χ3v) is 7.57. The van der Waals surface area contributed by atoms with Crippen LogP contribution in [0.5, 0.6) is 0 Å². The lowest BCUT2D eigenvalue weighted by Gasteiger charge is -2.36. The quantitative estimate of drug-likeness (QED) is 0.314. The monoisotopic (exact) mass is 504 g/mol. The van der Waals surface area contributed by atoms with E-state index in [9.17, 15) is 4.79 Å². The zero-order valence-electron chi connectivity index (χ0n) is 22.9. The molecule has 1 amide bonds. The van der Waals surface area contributed by atoms with Gasteiger partial charge in [-0.3, -0.25) is 4.79 Å². The maximum absolute atomic E-state index is 13.2. The van der Waals surface area contributed by atoms with E-state index in [4.69, 9.17) is 9.97 Å². The van der Waals surface area contributed by atoms with Gasteiger partial charge in [-0.15, -0.1) is 0 Å². The Balaban J connectivity index is 1.44. The number of piperazine rings is 1. The predicted molar refractivity (Wildman–Crippen MR) is 155 cm³/mol. The van der Waals surface area contributed by atoms with Crippen LogP contribution in [-0.2, 0) is 12.8 Å². The van der Waals surface area contributed by atoms with Gasteiger partial charge in [0.1, 0.15) is 5.82 Å². The molecule has 0 bridgehead atoms. The average molecular weight is 505 g/mol. The van der Waals surface area contributed by atoms with Crippen LogP contribution in [0, 0.1) is 20.8 Å². The lowest BCUT2D eigenvalue weighted by atomic mass is 9.97. The van der Waals surface area contributed by atoms with E-state index in [1.165, 1.54) is 22.3 Å². The Morgan fingerprint density at radius 1 is 0.842 bits per heavy atom. The lowest BCUT2D eigenvalue weighted by Crippen LogP contribution is -2.49. The summed E-state index contributed by atoms with van der Waals surface area (Å²) in [6, 6.07) is 24.8. The summed E-state index contributed by atoms with van der Waals surface area (Å²) in [7, 11) is 0. The van der Waals surface area contributed by atoms with Crippen LogP contribution in [0.2, 0.25) is 0 Å². The van der Waals surface area contributed by atoms with Crippen molar-refractivity contribution >= 4 is 11.7 Å². The molecule has 5 heteroatoms. The molecule has 38 heavy (non-hydrogen) atoms. The van der Waals surface area contributed by atoms with E-state index < -0.39 is 0 Å². The number of aromatic nitrogens is 2. The summed E-state index contributed by atoms with van der Waals surface area (Å²) in [5.41, 5.74) is 9.02. The maximum atomic E-state index is 13.2. The molecule has 4 aromatic rings. The third-order valence-electron chi connectivity index (χ3n) is 7.57. The molecule has 5 nitrogen and oxygen atoms in total. The zero-order chi connectivity index (χ0) is 26.6. The molecule has 0 unspecified atom stereocenters. The van der Waals surface area contributed by atoms with Gasteiger partial charge in [0, 0.05) is 55.0 Å². The maximum Gasteiger partial charge on any atom is 0.253 e. The van der Waals surface area contributed by atoms with Crippen molar-refractivity contribution in [2.24, 2.45) is 0 Å². The van der Waals surface area contributed by atoms with Gasteiger partial charge in [-0.2, -0.15) is 0 Å². The second-order valence-corrected chi connectivity index (χ2v) is 10.2. The highest BCUT2D eigenvalue weighted by molar-refractivity contribution is 5.94. The highest BCUT2D eigenvalue weighted by atomic mass is 16.2. The first-order valence-electron chi connectivity index (χ1n) is 13.5. The second kappa shape index (κ2) is 11.2. The van der Waals surface area contributed by atoms with Crippen molar-refractivity contribution < 1.29 is 4.79 Å². The van der Waals surface area contributed by atoms with Crippen LogP contribution >= 0.6 is 0 Å². The van der Waals surface area contributed by atoms with Crippen molar-refractivity contribution in [1.82, 2.24) is 14.9 Å². The molecular weight excluding hydrogens is 468 g/mol. The Labute approximate surface area is 226 Å². The van der Waals surface area contributed by atoms with Crippen molar-refractivity contribution in [3.05, 3.63) is 112 Å². The Bertz CT molecular complexity index is 1420. The van der Waals surface area contributed by atoms with E-state index in [0.29, 0.717) is 13.1 Å². The Kier molecular flexibility index (Phi) is 7.54. The molecule has 1 saturated heterocycles. The minimum Gasteiger partial charge on any atom is -0.353 e. The van der Waals surface area contributed by atoms with Gasteiger partial charge in [0.25, 0.3) is 5.91 Å². The summed E-state index contributed by atoms with van der Waals surface area (Å²) in [6.07, 6.45) is 1.76. The molecule has 194 valence electrons. The fourth-order valence-corrected chi connectivity index (χ4v) is 5.13. The SMILES string of the molecule is CCc1ccc(C(=O)N2CCN(c3nc(-c4ccccc4)nc(C)c3Cc3cc(C)ccc3C)CC2)cc1. The van der Waals surface area contributed by atoms with Crippen molar-refractivity contribution in [3.63, 3.8) is 0 Å². The van der Waals surface area contributed by atoms with Gasteiger partial charge in [-0.05, 0) is 56.0 Å². The molecule has 0 radical (unpaired) electrons. The van der Waals surface area contributed by atoms with Crippen molar-refractivity contribution in [2.75, 3.05) is 31.1 Å². The first-order valence-corrected chi connectivity index (χ1v) is 13.5.